The molecule has 1 heterocycles. The average molecular weight is 270 g/mol. The lowest BCUT2D eigenvalue weighted by atomic mass is 10.2. The first-order valence-corrected chi connectivity index (χ1v) is 6.39. The van der Waals surface area contributed by atoms with Crippen LogP contribution in [0.5, 0.6) is 0 Å². The Labute approximate surface area is 110 Å². The van der Waals surface area contributed by atoms with Gasteiger partial charge in [-0.2, -0.15) is 0 Å². The number of nitrogens with one attached hydrogen (secondary N) is 1. The number of rotatable bonds is 5. The van der Waals surface area contributed by atoms with Gasteiger partial charge in [0.25, 0.3) is 11.8 Å². The summed E-state index contributed by atoms with van der Waals surface area (Å²) in [6.07, 6.45) is 0.896. The van der Waals surface area contributed by atoms with E-state index in [1.165, 1.54) is 4.90 Å². The van der Waals surface area contributed by atoms with E-state index >= 15 is 0 Å². The molecule has 0 fully saturated rings. The molecule has 2 amide bonds. The Morgan fingerprint density at radius 1 is 1.39 bits per heavy atom. The van der Waals surface area contributed by atoms with Gasteiger partial charge in [0.1, 0.15) is 9.88 Å². The van der Waals surface area contributed by atoms with Crippen molar-refractivity contribution in [1.29, 1.82) is 0 Å². The van der Waals surface area contributed by atoms with Crippen LogP contribution in [0.15, 0.2) is 0 Å². The summed E-state index contributed by atoms with van der Waals surface area (Å²) in [6, 6.07) is 0. The molecule has 1 rings (SSSR count). The summed E-state index contributed by atoms with van der Waals surface area (Å²) in [4.78, 5) is 25.1. The Morgan fingerprint density at radius 2 is 2.00 bits per heavy atom. The van der Waals surface area contributed by atoms with Crippen LogP contribution in [0.25, 0.3) is 0 Å². The van der Waals surface area contributed by atoms with Gasteiger partial charge >= 0.3 is 0 Å². The average Bonchev–Trinajstić information content (AvgIpc) is 2.62. The summed E-state index contributed by atoms with van der Waals surface area (Å²) in [5.74, 6) is -0.857. The van der Waals surface area contributed by atoms with Gasteiger partial charge in [0, 0.05) is 20.6 Å². The third kappa shape index (κ3) is 2.73. The maximum atomic E-state index is 11.9. The van der Waals surface area contributed by atoms with Gasteiger partial charge in [0.2, 0.25) is 0 Å². The second kappa shape index (κ2) is 5.72. The number of carbonyl (C=O) groups excluding carboxylic acids is 2. The van der Waals surface area contributed by atoms with Gasteiger partial charge in [-0.25, -0.2) is 0 Å². The summed E-state index contributed by atoms with van der Waals surface area (Å²) in [5.41, 5.74) is 11.5. The van der Waals surface area contributed by atoms with E-state index in [2.05, 4.69) is 5.32 Å². The van der Waals surface area contributed by atoms with Crippen molar-refractivity contribution >= 4 is 33.8 Å². The highest BCUT2D eigenvalue weighted by Gasteiger charge is 2.24. The van der Waals surface area contributed by atoms with Crippen LogP contribution in [0.3, 0.4) is 0 Å². The second-order valence-corrected chi connectivity index (χ2v) is 5.06. The van der Waals surface area contributed by atoms with Crippen molar-refractivity contribution in [2.24, 2.45) is 5.73 Å². The van der Waals surface area contributed by atoms with Gasteiger partial charge in [-0.15, -0.1) is 11.3 Å². The van der Waals surface area contributed by atoms with Gasteiger partial charge in [-0.05, 0) is 6.42 Å². The number of thiophene rings is 1. The number of primary amides is 1. The van der Waals surface area contributed by atoms with E-state index in [-0.39, 0.29) is 17.2 Å². The minimum absolute atomic E-state index is 0.157. The molecule has 0 atom stereocenters. The van der Waals surface area contributed by atoms with Crippen molar-refractivity contribution in [1.82, 2.24) is 4.90 Å². The van der Waals surface area contributed by atoms with Crippen LogP contribution >= 0.6 is 11.3 Å². The first-order chi connectivity index (χ1) is 8.40. The van der Waals surface area contributed by atoms with Gasteiger partial charge < -0.3 is 21.7 Å². The van der Waals surface area contributed by atoms with Crippen LogP contribution in [-0.2, 0) is 0 Å². The summed E-state index contributed by atoms with van der Waals surface area (Å²) in [7, 11) is 3.26. The van der Waals surface area contributed by atoms with E-state index in [9.17, 15) is 9.59 Å². The number of nitrogen functional groups attached to an aromatic ring is 1. The zero-order valence-electron chi connectivity index (χ0n) is 10.7. The number of hydrogen-bond acceptors (Lipinski definition) is 5. The van der Waals surface area contributed by atoms with Crippen molar-refractivity contribution in [2.45, 2.75) is 13.3 Å². The number of anilines is 2. The van der Waals surface area contributed by atoms with E-state index in [0.717, 1.165) is 17.8 Å². The summed E-state index contributed by atoms with van der Waals surface area (Å²) >= 11 is 1.16. The fourth-order valence-electron chi connectivity index (χ4n) is 1.41. The molecule has 5 N–H and O–H groups in total. The van der Waals surface area contributed by atoms with Crippen LogP contribution in [0.1, 0.15) is 33.4 Å². The maximum Gasteiger partial charge on any atom is 0.265 e. The number of amides is 2. The molecule has 1 aromatic heterocycles. The Balaban J connectivity index is 3.23. The summed E-state index contributed by atoms with van der Waals surface area (Å²) < 4.78 is 0. The third-order valence-electron chi connectivity index (χ3n) is 2.33. The first kappa shape index (κ1) is 14.3. The van der Waals surface area contributed by atoms with E-state index in [1.807, 2.05) is 6.92 Å². The van der Waals surface area contributed by atoms with Crippen molar-refractivity contribution in [3.05, 3.63) is 10.4 Å². The van der Waals surface area contributed by atoms with Gasteiger partial charge in [-0.3, -0.25) is 9.59 Å². The lowest BCUT2D eigenvalue weighted by molar-refractivity contribution is 0.0833. The highest BCUT2D eigenvalue weighted by molar-refractivity contribution is 7.19. The van der Waals surface area contributed by atoms with E-state index in [1.54, 1.807) is 14.1 Å². The van der Waals surface area contributed by atoms with Crippen LogP contribution in [0.4, 0.5) is 10.7 Å². The molecule has 0 unspecified atom stereocenters. The maximum absolute atomic E-state index is 11.9. The topological polar surface area (TPSA) is 101 Å². The Bertz CT molecular complexity index is 468. The van der Waals surface area contributed by atoms with Crippen LogP contribution in [0, 0.1) is 0 Å². The fourth-order valence-corrected chi connectivity index (χ4v) is 2.59. The van der Waals surface area contributed by atoms with Crippen molar-refractivity contribution < 1.29 is 9.59 Å². The molecule has 0 spiro atoms. The Kier molecular flexibility index (Phi) is 4.55. The van der Waals surface area contributed by atoms with Crippen molar-refractivity contribution in [2.75, 3.05) is 31.7 Å². The second-order valence-electron chi connectivity index (χ2n) is 4.04. The minimum atomic E-state index is -0.625. The Morgan fingerprint density at radius 3 is 2.44 bits per heavy atom. The SMILES string of the molecule is CCCNc1sc(C(=O)N(C)C)c(N)c1C(N)=O. The predicted octanol–water partition coefficient (Wildman–Crippen LogP) is 0.953. The lowest BCUT2D eigenvalue weighted by Gasteiger charge is -2.08. The van der Waals surface area contributed by atoms with Crippen molar-refractivity contribution in [3.63, 3.8) is 0 Å². The predicted molar refractivity (Wildman–Crippen MR) is 74.0 cm³/mol. The smallest absolute Gasteiger partial charge is 0.265 e. The molecule has 100 valence electrons. The molecule has 0 aromatic carbocycles. The number of carbonyl (C=O) groups is 2. The molecule has 0 aliphatic heterocycles. The highest BCUT2D eigenvalue weighted by Crippen LogP contribution is 2.35. The largest absolute Gasteiger partial charge is 0.397 e. The molecule has 6 nitrogen and oxygen atoms in total. The minimum Gasteiger partial charge on any atom is -0.397 e. The van der Waals surface area contributed by atoms with Crippen LogP contribution in [-0.4, -0.2) is 37.4 Å². The zero-order valence-corrected chi connectivity index (χ0v) is 11.6. The molecule has 7 heteroatoms. The Hall–Kier alpha value is -1.76. The molecule has 0 bridgehead atoms. The molecule has 18 heavy (non-hydrogen) atoms. The quantitative estimate of drug-likeness (QED) is 0.741. The zero-order chi connectivity index (χ0) is 13.9. The molecule has 0 saturated heterocycles. The standard InChI is InChI=1S/C11H18N4O2S/c1-4-5-14-10-6(9(13)16)7(12)8(18-10)11(17)15(2)3/h14H,4-5,12H2,1-3H3,(H2,13,16). The normalized spacial score (nSPS) is 10.2. The van der Waals surface area contributed by atoms with E-state index < -0.39 is 5.91 Å². The lowest BCUT2D eigenvalue weighted by Crippen LogP contribution is -2.22. The van der Waals surface area contributed by atoms with E-state index in [0.29, 0.717) is 16.4 Å². The fraction of sp³-hybridized carbons (Fsp3) is 0.455. The van der Waals surface area contributed by atoms with Gasteiger partial charge in [0.05, 0.1) is 11.3 Å². The number of hydrogen-bond donors (Lipinski definition) is 3. The summed E-state index contributed by atoms with van der Waals surface area (Å²) in [5, 5.41) is 3.63. The number of nitrogens with two attached hydrogens (primary N) is 2. The number of nitrogens with zero attached hydrogens (tertiary/aromatic N) is 1. The third-order valence-corrected chi connectivity index (χ3v) is 3.48. The molecular weight excluding hydrogens is 252 g/mol. The molecular formula is C11H18N4O2S. The van der Waals surface area contributed by atoms with E-state index in [4.69, 9.17) is 11.5 Å². The first-order valence-electron chi connectivity index (χ1n) is 5.57. The summed E-state index contributed by atoms with van der Waals surface area (Å²) in [6.45, 7) is 2.69. The van der Waals surface area contributed by atoms with Crippen LogP contribution in [0.2, 0.25) is 0 Å². The highest BCUT2D eigenvalue weighted by atomic mass is 32.1. The molecule has 1 aromatic rings. The molecule has 0 radical (unpaired) electrons. The van der Waals surface area contributed by atoms with Gasteiger partial charge in [-0.1, -0.05) is 6.92 Å². The van der Waals surface area contributed by atoms with Crippen LogP contribution < -0.4 is 16.8 Å². The molecule has 0 aliphatic carbocycles. The monoisotopic (exact) mass is 270 g/mol. The molecule has 0 saturated carbocycles. The molecule has 0 aliphatic rings. The van der Waals surface area contributed by atoms with Crippen molar-refractivity contribution in [3.8, 4) is 0 Å². The van der Waals surface area contributed by atoms with Gasteiger partial charge in [0.15, 0.2) is 0 Å².